The third kappa shape index (κ3) is 2.24. The van der Waals surface area contributed by atoms with E-state index in [1.165, 1.54) is 0 Å². The lowest BCUT2D eigenvalue weighted by Crippen LogP contribution is -1.89. The van der Waals surface area contributed by atoms with Gasteiger partial charge in [0, 0.05) is 22.3 Å². The van der Waals surface area contributed by atoms with Gasteiger partial charge in [-0.3, -0.25) is 0 Å². The van der Waals surface area contributed by atoms with E-state index in [-0.39, 0.29) is 0 Å². The van der Waals surface area contributed by atoms with Crippen molar-refractivity contribution in [2.45, 2.75) is 0 Å². The smallest absolute Gasteiger partial charge is 0.123 e. The van der Waals surface area contributed by atoms with Crippen LogP contribution in [0.4, 0.5) is 5.82 Å². The molecular weight excluding hydrogens is 266 g/mol. The number of nitrogens with two attached hydrogens (primary N) is 1. The van der Waals surface area contributed by atoms with E-state index in [4.69, 9.17) is 40.5 Å². The van der Waals surface area contributed by atoms with Crippen molar-refractivity contribution in [1.29, 1.82) is 0 Å². The van der Waals surface area contributed by atoms with Crippen LogP contribution in [0.2, 0.25) is 15.1 Å². The van der Waals surface area contributed by atoms with Crippen LogP contribution < -0.4 is 5.73 Å². The van der Waals surface area contributed by atoms with Gasteiger partial charge in [0.05, 0.1) is 10.0 Å². The van der Waals surface area contributed by atoms with E-state index in [9.17, 15) is 0 Å². The third-order valence-electron chi connectivity index (χ3n) is 2.09. The van der Waals surface area contributed by atoms with Crippen LogP contribution >= 0.6 is 34.8 Å². The fourth-order valence-corrected chi connectivity index (χ4v) is 2.04. The fourth-order valence-electron chi connectivity index (χ4n) is 1.33. The molecule has 0 amide bonds. The summed E-state index contributed by atoms with van der Waals surface area (Å²) in [7, 11) is 0. The number of anilines is 1. The van der Waals surface area contributed by atoms with E-state index in [0.29, 0.717) is 20.9 Å². The highest BCUT2D eigenvalue weighted by atomic mass is 35.5. The van der Waals surface area contributed by atoms with Crippen LogP contribution in [0.5, 0.6) is 0 Å². The number of aromatic nitrogens is 1. The number of halogens is 3. The summed E-state index contributed by atoms with van der Waals surface area (Å²) in [4.78, 5) is 3.99. The first-order chi connectivity index (χ1) is 7.58. The summed E-state index contributed by atoms with van der Waals surface area (Å²) in [5.74, 6) is 0.452. The zero-order valence-electron chi connectivity index (χ0n) is 8.05. The molecule has 2 N–H and O–H groups in total. The van der Waals surface area contributed by atoms with Gasteiger partial charge in [-0.15, -0.1) is 0 Å². The molecule has 2 rings (SSSR count). The van der Waals surface area contributed by atoms with Gasteiger partial charge in [-0.25, -0.2) is 4.98 Å². The number of nitrogens with zero attached hydrogens (tertiary/aromatic N) is 1. The number of nitrogen functional groups attached to an aromatic ring is 1. The molecule has 0 aliphatic carbocycles. The molecule has 16 heavy (non-hydrogen) atoms. The summed E-state index contributed by atoms with van der Waals surface area (Å²) in [6.45, 7) is 0. The Morgan fingerprint density at radius 3 is 2.44 bits per heavy atom. The molecule has 1 aromatic heterocycles. The zero-order valence-corrected chi connectivity index (χ0v) is 10.3. The molecule has 0 unspecified atom stereocenters. The second-order valence-electron chi connectivity index (χ2n) is 3.22. The standard InChI is InChI=1S/C11H7Cl3N2/c12-7-3-8(11(14)9(13)4-7)6-1-2-10(15)16-5-6/h1-5H,(H2,15,16). The monoisotopic (exact) mass is 272 g/mol. The minimum Gasteiger partial charge on any atom is -0.384 e. The normalized spacial score (nSPS) is 10.4. The number of pyridine rings is 1. The van der Waals surface area contributed by atoms with E-state index < -0.39 is 0 Å². The minimum atomic E-state index is 0.418. The molecule has 0 bridgehead atoms. The van der Waals surface area contributed by atoms with Gasteiger partial charge in [-0.1, -0.05) is 34.8 Å². The molecule has 0 aliphatic heterocycles. The summed E-state index contributed by atoms with van der Waals surface area (Å²) >= 11 is 17.9. The molecule has 0 atom stereocenters. The van der Waals surface area contributed by atoms with Crippen molar-refractivity contribution < 1.29 is 0 Å². The molecule has 5 heteroatoms. The van der Waals surface area contributed by atoms with Crippen LogP contribution in [0.3, 0.4) is 0 Å². The van der Waals surface area contributed by atoms with Gasteiger partial charge in [0.1, 0.15) is 5.82 Å². The predicted octanol–water partition coefficient (Wildman–Crippen LogP) is 4.29. The van der Waals surface area contributed by atoms with E-state index in [2.05, 4.69) is 4.98 Å². The lowest BCUT2D eigenvalue weighted by atomic mass is 10.1. The molecule has 0 saturated heterocycles. The van der Waals surface area contributed by atoms with E-state index in [1.54, 1.807) is 24.4 Å². The maximum atomic E-state index is 6.09. The molecule has 1 aromatic carbocycles. The maximum absolute atomic E-state index is 6.09. The van der Waals surface area contributed by atoms with Gasteiger partial charge in [0.25, 0.3) is 0 Å². The Morgan fingerprint density at radius 2 is 1.81 bits per heavy atom. The Hall–Kier alpha value is -0.960. The van der Waals surface area contributed by atoms with Gasteiger partial charge in [-0.2, -0.15) is 0 Å². The Kier molecular flexibility index (Phi) is 3.24. The first-order valence-corrected chi connectivity index (χ1v) is 5.58. The first kappa shape index (κ1) is 11.5. The van der Waals surface area contributed by atoms with E-state index in [1.807, 2.05) is 6.07 Å². The molecule has 0 saturated carbocycles. The highest BCUT2D eigenvalue weighted by Crippen LogP contribution is 2.36. The van der Waals surface area contributed by atoms with Gasteiger partial charge < -0.3 is 5.73 Å². The Bertz CT molecular complexity index is 523. The topological polar surface area (TPSA) is 38.9 Å². The van der Waals surface area contributed by atoms with Crippen molar-refractivity contribution >= 4 is 40.6 Å². The maximum Gasteiger partial charge on any atom is 0.123 e. The predicted molar refractivity (Wildman–Crippen MR) is 69.1 cm³/mol. The fraction of sp³-hybridized carbons (Fsp3) is 0. The van der Waals surface area contributed by atoms with Crippen LogP contribution in [-0.4, -0.2) is 4.98 Å². The molecule has 2 aromatic rings. The summed E-state index contributed by atoms with van der Waals surface area (Å²) in [5.41, 5.74) is 7.07. The summed E-state index contributed by atoms with van der Waals surface area (Å²) in [5, 5.41) is 1.40. The second-order valence-corrected chi connectivity index (χ2v) is 4.44. The third-order valence-corrected chi connectivity index (χ3v) is 3.11. The molecule has 0 aliphatic rings. The summed E-state index contributed by atoms with van der Waals surface area (Å²) < 4.78 is 0. The number of rotatable bonds is 1. The lowest BCUT2D eigenvalue weighted by Gasteiger charge is -2.06. The van der Waals surface area contributed by atoms with Crippen molar-refractivity contribution in [3.05, 3.63) is 45.5 Å². The van der Waals surface area contributed by atoms with Gasteiger partial charge in [-0.05, 0) is 24.3 Å². The Labute approximate surface area is 108 Å². The van der Waals surface area contributed by atoms with Gasteiger partial charge in [0.15, 0.2) is 0 Å². The summed E-state index contributed by atoms with van der Waals surface area (Å²) in [6.07, 6.45) is 1.63. The average molecular weight is 274 g/mol. The highest BCUT2D eigenvalue weighted by molar-refractivity contribution is 6.45. The Morgan fingerprint density at radius 1 is 1.06 bits per heavy atom. The number of hydrogen-bond acceptors (Lipinski definition) is 2. The number of benzene rings is 1. The van der Waals surface area contributed by atoms with Crippen LogP contribution in [0.1, 0.15) is 0 Å². The van der Waals surface area contributed by atoms with Gasteiger partial charge >= 0.3 is 0 Å². The molecule has 0 fully saturated rings. The quantitative estimate of drug-likeness (QED) is 0.787. The highest BCUT2D eigenvalue weighted by Gasteiger charge is 2.09. The van der Waals surface area contributed by atoms with Crippen LogP contribution in [-0.2, 0) is 0 Å². The minimum absolute atomic E-state index is 0.418. The lowest BCUT2D eigenvalue weighted by molar-refractivity contribution is 1.34. The molecule has 1 heterocycles. The van der Waals surface area contributed by atoms with Crippen molar-refractivity contribution in [1.82, 2.24) is 4.98 Å². The van der Waals surface area contributed by atoms with Gasteiger partial charge in [0.2, 0.25) is 0 Å². The van der Waals surface area contributed by atoms with Crippen LogP contribution in [0, 0.1) is 0 Å². The molecule has 0 spiro atoms. The molecular formula is C11H7Cl3N2. The van der Waals surface area contributed by atoms with Crippen molar-refractivity contribution in [2.75, 3.05) is 5.73 Å². The first-order valence-electron chi connectivity index (χ1n) is 4.44. The molecule has 82 valence electrons. The number of hydrogen-bond donors (Lipinski definition) is 1. The van der Waals surface area contributed by atoms with Crippen LogP contribution in [0.25, 0.3) is 11.1 Å². The van der Waals surface area contributed by atoms with Crippen molar-refractivity contribution in [2.24, 2.45) is 0 Å². The zero-order chi connectivity index (χ0) is 11.7. The molecule has 0 radical (unpaired) electrons. The second kappa shape index (κ2) is 4.50. The molecule has 2 nitrogen and oxygen atoms in total. The Balaban J connectivity index is 2.59. The SMILES string of the molecule is Nc1ccc(-c2cc(Cl)cc(Cl)c2Cl)cn1. The van der Waals surface area contributed by atoms with E-state index >= 15 is 0 Å². The summed E-state index contributed by atoms with van der Waals surface area (Å²) in [6, 6.07) is 6.85. The van der Waals surface area contributed by atoms with Crippen molar-refractivity contribution in [3.8, 4) is 11.1 Å². The average Bonchev–Trinajstić information content (AvgIpc) is 2.25. The van der Waals surface area contributed by atoms with Crippen molar-refractivity contribution in [3.63, 3.8) is 0 Å². The van der Waals surface area contributed by atoms with E-state index in [0.717, 1.165) is 11.1 Å². The van der Waals surface area contributed by atoms with Crippen LogP contribution in [0.15, 0.2) is 30.5 Å². The largest absolute Gasteiger partial charge is 0.384 e.